The summed E-state index contributed by atoms with van der Waals surface area (Å²) in [6, 6.07) is 0. The van der Waals surface area contributed by atoms with E-state index in [1.54, 1.807) is 0 Å². The molecule has 13 heavy (non-hydrogen) atoms. The Hall–Kier alpha value is 0.816. The zero-order chi connectivity index (χ0) is 7.82. The van der Waals surface area contributed by atoms with Gasteiger partial charge in [-0.25, -0.2) is 0 Å². The second-order valence-electron chi connectivity index (χ2n) is 2.26. The van der Waals surface area contributed by atoms with Crippen LogP contribution in [0.1, 0.15) is 39.5 Å². The normalized spacial score (nSPS) is 7.23. The quantitative estimate of drug-likeness (QED) is 0.276. The number of unbranched alkanes of at least 4 members (excludes halogenated alkanes) is 2. The Balaban J connectivity index is -0.000000135. The van der Waals surface area contributed by atoms with Crippen molar-refractivity contribution in [3.63, 3.8) is 0 Å². The van der Waals surface area contributed by atoms with E-state index >= 15 is 0 Å². The molecule has 0 bridgehead atoms. The van der Waals surface area contributed by atoms with Gasteiger partial charge in [0, 0.05) is 6.42 Å². The van der Waals surface area contributed by atoms with Crippen molar-refractivity contribution in [1.82, 2.24) is 0 Å². The molecule has 0 heterocycles. The number of rotatable bonds is 5. The first kappa shape index (κ1) is 23.6. The minimum Gasteiger partial charge on any atom is -1.00 e. The zero-order valence-electron chi connectivity index (χ0n) is 8.32. The van der Waals surface area contributed by atoms with E-state index in [0.29, 0.717) is 13.0 Å². The monoisotopic (exact) mass is 238 g/mol. The molecule has 0 atom stereocenters. The summed E-state index contributed by atoms with van der Waals surface area (Å²) >= 11 is 0. The summed E-state index contributed by atoms with van der Waals surface area (Å²) in [6.45, 7) is 4.45. The number of carbonyl (C=O) groups is 1. The second-order valence-corrected chi connectivity index (χ2v) is 2.26. The van der Waals surface area contributed by atoms with Crippen LogP contribution in [0.5, 0.6) is 0 Å². The van der Waals surface area contributed by atoms with E-state index in [2.05, 4.69) is 6.92 Å². The Morgan fingerprint density at radius 1 is 1.15 bits per heavy atom. The van der Waals surface area contributed by atoms with Crippen molar-refractivity contribution in [1.29, 1.82) is 0 Å². The van der Waals surface area contributed by atoms with E-state index in [1.807, 2.05) is 6.92 Å². The number of hydrogen-bond donors (Lipinski definition) is 0. The summed E-state index contributed by atoms with van der Waals surface area (Å²) < 4.78 is 4.75. The van der Waals surface area contributed by atoms with Crippen molar-refractivity contribution in [3.05, 3.63) is 0 Å². The molecule has 0 unspecified atom stereocenters. The summed E-state index contributed by atoms with van der Waals surface area (Å²) in [5, 5.41) is 0. The Morgan fingerprint density at radius 3 is 2.08 bits per heavy atom. The maximum atomic E-state index is 10.7. The van der Waals surface area contributed by atoms with Gasteiger partial charge in [-0.3, -0.25) is 4.79 Å². The topological polar surface area (TPSA) is 26.3 Å². The van der Waals surface area contributed by atoms with Crippen LogP contribution < -0.4 is 24.8 Å². The molecular formula is C8H16Cl2MgO2. The van der Waals surface area contributed by atoms with Crippen molar-refractivity contribution in [2.75, 3.05) is 6.61 Å². The number of hydrogen-bond acceptors (Lipinski definition) is 2. The van der Waals surface area contributed by atoms with Gasteiger partial charge in [0.1, 0.15) is 0 Å². The summed E-state index contributed by atoms with van der Waals surface area (Å²) in [5.74, 6) is -0.0593. The largest absolute Gasteiger partial charge is 2.00 e. The first-order chi connectivity index (χ1) is 4.81. The first-order valence-electron chi connectivity index (χ1n) is 3.96. The molecule has 0 rings (SSSR count). The van der Waals surface area contributed by atoms with Gasteiger partial charge in [-0.1, -0.05) is 19.8 Å². The molecule has 0 aromatic heterocycles. The fraction of sp³-hybridized carbons (Fsp3) is 0.875. The predicted octanol–water partition coefficient (Wildman–Crippen LogP) is -4.24. The third-order valence-corrected chi connectivity index (χ3v) is 1.29. The first-order valence-corrected chi connectivity index (χ1v) is 3.96. The predicted molar refractivity (Wildman–Crippen MR) is 46.5 cm³/mol. The third kappa shape index (κ3) is 19.3. The number of ether oxygens (including phenoxy) is 1. The van der Waals surface area contributed by atoms with Crippen LogP contribution in [0.25, 0.3) is 0 Å². The van der Waals surface area contributed by atoms with Crippen LogP contribution in [-0.4, -0.2) is 35.6 Å². The van der Waals surface area contributed by atoms with Crippen molar-refractivity contribution >= 4 is 29.0 Å². The molecule has 0 N–H and O–H groups in total. The SMILES string of the molecule is CCCCCC(=O)OCC.[Cl-].[Cl-].[Mg+2]. The van der Waals surface area contributed by atoms with E-state index in [1.165, 1.54) is 0 Å². The molecule has 0 saturated carbocycles. The van der Waals surface area contributed by atoms with Crippen molar-refractivity contribution in [2.45, 2.75) is 39.5 Å². The van der Waals surface area contributed by atoms with Gasteiger partial charge in [0.15, 0.2) is 0 Å². The molecule has 76 valence electrons. The average molecular weight is 239 g/mol. The number of carbonyl (C=O) groups excluding carboxylic acids is 1. The van der Waals surface area contributed by atoms with Crippen LogP contribution in [0.15, 0.2) is 0 Å². The minimum absolute atomic E-state index is 0. The maximum absolute atomic E-state index is 10.7. The summed E-state index contributed by atoms with van der Waals surface area (Å²) in [4.78, 5) is 10.7. The van der Waals surface area contributed by atoms with Crippen LogP contribution in [0.4, 0.5) is 0 Å². The summed E-state index contributed by atoms with van der Waals surface area (Å²) in [6.07, 6.45) is 3.83. The van der Waals surface area contributed by atoms with Crippen molar-refractivity contribution in [3.8, 4) is 0 Å². The van der Waals surface area contributed by atoms with E-state index in [4.69, 9.17) is 4.74 Å². The molecule has 0 amide bonds. The van der Waals surface area contributed by atoms with E-state index in [-0.39, 0.29) is 53.8 Å². The van der Waals surface area contributed by atoms with Gasteiger partial charge >= 0.3 is 29.0 Å². The van der Waals surface area contributed by atoms with Crippen LogP contribution in [0.3, 0.4) is 0 Å². The smallest absolute Gasteiger partial charge is 1.00 e. The van der Waals surface area contributed by atoms with Crippen LogP contribution >= 0.6 is 0 Å². The molecule has 0 spiro atoms. The Labute approximate surface area is 109 Å². The molecule has 5 heteroatoms. The fourth-order valence-electron chi connectivity index (χ4n) is 0.752. The van der Waals surface area contributed by atoms with Gasteiger partial charge in [-0.2, -0.15) is 0 Å². The van der Waals surface area contributed by atoms with Gasteiger partial charge in [0.2, 0.25) is 0 Å². The summed E-state index contributed by atoms with van der Waals surface area (Å²) in [5.41, 5.74) is 0. The average Bonchev–Trinajstić information content (AvgIpc) is 1.89. The second kappa shape index (κ2) is 18.6. The van der Waals surface area contributed by atoms with Crippen LogP contribution in [-0.2, 0) is 9.53 Å². The van der Waals surface area contributed by atoms with E-state index < -0.39 is 0 Å². The molecule has 0 saturated heterocycles. The van der Waals surface area contributed by atoms with Crippen molar-refractivity contribution < 1.29 is 34.3 Å². The molecule has 0 aliphatic carbocycles. The van der Waals surface area contributed by atoms with Crippen molar-refractivity contribution in [2.24, 2.45) is 0 Å². The van der Waals surface area contributed by atoms with Gasteiger partial charge in [-0.15, -0.1) is 0 Å². The van der Waals surface area contributed by atoms with Crippen LogP contribution in [0.2, 0.25) is 0 Å². The molecule has 0 aliphatic rings. The zero-order valence-corrected chi connectivity index (χ0v) is 11.2. The Kier molecular flexibility index (Phi) is 33.6. The molecule has 0 aliphatic heterocycles. The number of esters is 1. The molecule has 2 nitrogen and oxygen atoms in total. The maximum Gasteiger partial charge on any atom is 2.00 e. The molecule has 0 radical (unpaired) electrons. The van der Waals surface area contributed by atoms with Gasteiger partial charge in [0.05, 0.1) is 6.61 Å². The standard InChI is InChI=1S/C8H16O2.2ClH.Mg/c1-3-5-6-7-8(9)10-4-2;;;/h3-7H2,1-2H3;2*1H;/q;;;+2/p-2. The van der Waals surface area contributed by atoms with Gasteiger partial charge in [-0.05, 0) is 13.3 Å². The molecule has 0 fully saturated rings. The molecule has 0 aromatic rings. The minimum atomic E-state index is -0.0593. The summed E-state index contributed by atoms with van der Waals surface area (Å²) in [7, 11) is 0. The van der Waals surface area contributed by atoms with E-state index in [9.17, 15) is 4.79 Å². The Morgan fingerprint density at radius 2 is 1.69 bits per heavy atom. The molecule has 0 aromatic carbocycles. The third-order valence-electron chi connectivity index (χ3n) is 1.29. The number of halogens is 2. The van der Waals surface area contributed by atoms with Gasteiger partial charge < -0.3 is 29.6 Å². The fourth-order valence-corrected chi connectivity index (χ4v) is 0.752. The Bertz CT molecular complexity index is 102. The molecular weight excluding hydrogens is 223 g/mol. The van der Waals surface area contributed by atoms with Gasteiger partial charge in [0.25, 0.3) is 0 Å². The van der Waals surface area contributed by atoms with E-state index in [0.717, 1.165) is 19.3 Å². The van der Waals surface area contributed by atoms with Crippen LogP contribution in [0, 0.1) is 0 Å².